The second-order valence-electron chi connectivity index (χ2n) is 5.54. The Morgan fingerprint density at radius 2 is 1.59 bits per heavy atom. The molecule has 0 aliphatic heterocycles. The average Bonchev–Trinajstić information content (AvgIpc) is 2.34. The van der Waals surface area contributed by atoms with Crippen LogP contribution >= 0.6 is 0 Å². The van der Waals surface area contributed by atoms with Gasteiger partial charge in [-0.05, 0) is 36.8 Å². The molecule has 1 N–H and O–H groups in total. The molecule has 1 nitrogen and oxygen atoms in total. The smallest absolute Gasteiger partial charge is 0.00104 e. The highest BCUT2D eigenvalue weighted by atomic mass is 14.9. The Morgan fingerprint density at radius 3 is 2.18 bits per heavy atom. The van der Waals surface area contributed by atoms with E-state index in [1.807, 2.05) is 0 Å². The number of hydrogen-bond donors (Lipinski definition) is 1. The van der Waals surface area contributed by atoms with Crippen molar-refractivity contribution < 1.29 is 0 Å². The summed E-state index contributed by atoms with van der Waals surface area (Å²) in [6.07, 6.45) is 2.49. The van der Waals surface area contributed by atoms with E-state index in [0.717, 1.165) is 18.4 Å². The molecule has 1 rings (SSSR count). The third-order valence-electron chi connectivity index (χ3n) is 3.55. The highest BCUT2D eigenvalue weighted by Crippen LogP contribution is 2.17. The fourth-order valence-corrected chi connectivity index (χ4v) is 1.95. The Morgan fingerprint density at radius 1 is 0.941 bits per heavy atom. The third-order valence-corrected chi connectivity index (χ3v) is 3.55. The minimum absolute atomic E-state index is 0.596. The molecule has 0 aliphatic rings. The van der Waals surface area contributed by atoms with Crippen LogP contribution in [0.3, 0.4) is 0 Å². The SMILES string of the molecule is CC(C)NCC(C)C(C)CCc1ccccc1. The van der Waals surface area contributed by atoms with Gasteiger partial charge in [-0.25, -0.2) is 0 Å². The van der Waals surface area contributed by atoms with Crippen molar-refractivity contribution in [3.05, 3.63) is 35.9 Å². The summed E-state index contributed by atoms with van der Waals surface area (Å²) < 4.78 is 0. The number of benzene rings is 1. The van der Waals surface area contributed by atoms with E-state index in [0.29, 0.717) is 6.04 Å². The number of hydrogen-bond acceptors (Lipinski definition) is 1. The average molecular weight is 233 g/mol. The second kappa shape index (κ2) is 7.50. The van der Waals surface area contributed by atoms with Crippen molar-refractivity contribution in [2.45, 2.75) is 46.6 Å². The first kappa shape index (κ1) is 14.2. The molecule has 0 fully saturated rings. The van der Waals surface area contributed by atoms with Gasteiger partial charge >= 0.3 is 0 Å². The molecule has 17 heavy (non-hydrogen) atoms. The molecule has 0 aliphatic carbocycles. The fourth-order valence-electron chi connectivity index (χ4n) is 1.95. The molecule has 0 aromatic heterocycles. The van der Waals surface area contributed by atoms with E-state index in [4.69, 9.17) is 0 Å². The minimum atomic E-state index is 0.596. The first-order valence-corrected chi connectivity index (χ1v) is 6.87. The summed E-state index contributed by atoms with van der Waals surface area (Å²) in [7, 11) is 0. The van der Waals surface area contributed by atoms with Crippen LogP contribution < -0.4 is 5.32 Å². The van der Waals surface area contributed by atoms with Crippen LogP contribution in [-0.2, 0) is 6.42 Å². The molecular formula is C16H27N. The molecule has 0 spiro atoms. The van der Waals surface area contributed by atoms with Crippen LogP contribution in [0.2, 0.25) is 0 Å². The second-order valence-corrected chi connectivity index (χ2v) is 5.54. The largest absolute Gasteiger partial charge is 0.314 e. The Balaban J connectivity index is 2.26. The van der Waals surface area contributed by atoms with Gasteiger partial charge in [0.2, 0.25) is 0 Å². The normalized spacial score (nSPS) is 14.9. The molecule has 96 valence electrons. The van der Waals surface area contributed by atoms with Crippen LogP contribution in [-0.4, -0.2) is 12.6 Å². The predicted molar refractivity (Wildman–Crippen MR) is 76.2 cm³/mol. The van der Waals surface area contributed by atoms with Crippen molar-refractivity contribution in [2.75, 3.05) is 6.54 Å². The maximum atomic E-state index is 3.52. The topological polar surface area (TPSA) is 12.0 Å². The summed E-state index contributed by atoms with van der Waals surface area (Å²) in [6, 6.07) is 11.4. The van der Waals surface area contributed by atoms with Crippen molar-refractivity contribution in [3.63, 3.8) is 0 Å². The quantitative estimate of drug-likeness (QED) is 0.753. The maximum absolute atomic E-state index is 3.52. The molecule has 0 saturated heterocycles. The van der Waals surface area contributed by atoms with Gasteiger partial charge in [0, 0.05) is 6.04 Å². The van der Waals surface area contributed by atoms with Crippen molar-refractivity contribution >= 4 is 0 Å². The summed E-state index contributed by atoms with van der Waals surface area (Å²) in [4.78, 5) is 0. The summed E-state index contributed by atoms with van der Waals surface area (Å²) in [5.74, 6) is 1.53. The van der Waals surface area contributed by atoms with Crippen molar-refractivity contribution in [2.24, 2.45) is 11.8 Å². The van der Waals surface area contributed by atoms with E-state index in [1.54, 1.807) is 0 Å². The van der Waals surface area contributed by atoms with Crippen LogP contribution in [0, 0.1) is 11.8 Å². The van der Waals surface area contributed by atoms with Gasteiger partial charge in [0.25, 0.3) is 0 Å². The standard InChI is InChI=1S/C16H27N/c1-13(2)17-12-15(4)14(3)10-11-16-8-6-5-7-9-16/h5-9,13-15,17H,10-12H2,1-4H3. The summed E-state index contributed by atoms with van der Waals surface area (Å²) >= 11 is 0. The number of rotatable bonds is 7. The molecule has 0 amide bonds. The highest BCUT2D eigenvalue weighted by molar-refractivity contribution is 5.14. The highest BCUT2D eigenvalue weighted by Gasteiger charge is 2.12. The molecule has 0 radical (unpaired) electrons. The Hall–Kier alpha value is -0.820. The predicted octanol–water partition coefficient (Wildman–Crippen LogP) is 3.89. The molecular weight excluding hydrogens is 206 g/mol. The first-order valence-electron chi connectivity index (χ1n) is 6.87. The van der Waals surface area contributed by atoms with Gasteiger partial charge in [-0.1, -0.05) is 58.0 Å². The zero-order valence-electron chi connectivity index (χ0n) is 11.7. The lowest BCUT2D eigenvalue weighted by Crippen LogP contribution is -2.30. The van der Waals surface area contributed by atoms with Crippen LogP contribution in [0.25, 0.3) is 0 Å². The van der Waals surface area contributed by atoms with E-state index < -0.39 is 0 Å². The van der Waals surface area contributed by atoms with Crippen molar-refractivity contribution in [1.82, 2.24) is 5.32 Å². The summed E-state index contributed by atoms with van der Waals surface area (Å²) in [6.45, 7) is 10.3. The monoisotopic (exact) mass is 233 g/mol. The minimum Gasteiger partial charge on any atom is -0.314 e. The first-order chi connectivity index (χ1) is 8.09. The number of aryl methyl sites for hydroxylation is 1. The van der Waals surface area contributed by atoms with E-state index >= 15 is 0 Å². The molecule has 2 atom stereocenters. The van der Waals surface area contributed by atoms with Crippen molar-refractivity contribution in [3.8, 4) is 0 Å². The molecule has 1 aromatic carbocycles. The lowest BCUT2D eigenvalue weighted by Gasteiger charge is -2.21. The maximum Gasteiger partial charge on any atom is 0.00104 e. The third kappa shape index (κ3) is 5.88. The van der Waals surface area contributed by atoms with Gasteiger partial charge < -0.3 is 5.32 Å². The number of nitrogens with one attached hydrogen (secondary N) is 1. The Kier molecular flexibility index (Phi) is 6.28. The fraction of sp³-hybridized carbons (Fsp3) is 0.625. The lowest BCUT2D eigenvalue weighted by molar-refractivity contribution is 0.338. The van der Waals surface area contributed by atoms with Gasteiger partial charge in [-0.3, -0.25) is 0 Å². The van der Waals surface area contributed by atoms with E-state index in [1.165, 1.54) is 18.4 Å². The van der Waals surface area contributed by atoms with Crippen LogP contribution in [0.15, 0.2) is 30.3 Å². The zero-order valence-corrected chi connectivity index (χ0v) is 11.7. The van der Waals surface area contributed by atoms with Gasteiger partial charge in [0.15, 0.2) is 0 Å². The Bertz CT molecular complexity index is 292. The molecule has 1 heteroatoms. The van der Waals surface area contributed by atoms with Gasteiger partial charge in [-0.2, -0.15) is 0 Å². The molecule has 0 saturated carbocycles. The van der Waals surface area contributed by atoms with Gasteiger partial charge in [0.1, 0.15) is 0 Å². The van der Waals surface area contributed by atoms with E-state index in [2.05, 4.69) is 63.3 Å². The van der Waals surface area contributed by atoms with E-state index in [9.17, 15) is 0 Å². The van der Waals surface area contributed by atoms with E-state index in [-0.39, 0.29) is 0 Å². The van der Waals surface area contributed by atoms with Gasteiger partial charge in [-0.15, -0.1) is 0 Å². The van der Waals surface area contributed by atoms with Gasteiger partial charge in [0.05, 0.1) is 0 Å². The summed E-state index contributed by atoms with van der Waals surface area (Å²) in [5.41, 5.74) is 1.46. The van der Waals surface area contributed by atoms with Crippen molar-refractivity contribution in [1.29, 1.82) is 0 Å². The van der Waals surface area contributed by atoms with Crippen LogP contribution in [0.4, 0.5) is 0 Å². The molecule has 0 heterocycles. The summed E-state index contributed by atoms with van der Waals surface area (Å²) in [5, 5.41) is 3.52. The molecule has 1 aromatic rings. The molecule has 2 unspecified atom stereocenters. The lowest BCUT2D eigenvalue weighted by atomic mass is 9.90. The van der Waals surface area contributed by atoms with Crippen LogP contribution in [0.5, 0.6) is 0 Å². The Labute approximate surface area is 107 Å². The zero-order chi connectivity index (χ0) is 12.7. The van der Waals surface area contributed by atoms with Crippen LogP contribution in [0.1, 0.15) is 39.7 Å². The molecule has 0 bridgehead atoms.